The van der Waals surface area contributed by atoms with E-state index >= 15 is 0 Å². The first-order valence-electron chi connectivity index (χ1n) is 6.88. The molecule has 1 amide bonds. The van der Waals surface area contributed by atoms with Crippen LogP contribution in [0.2, 0.25) is 0 Å². The van der Waals surface area contributed by atoms with Gasteiger partial charge >= 0.3 is 0 Å². The van der Waals surface area contributed by atoms with Crippen LogP contribution in [-0.4, -0.2) is 36.1 Å². The summed E-state index contributed by atoms with van der Waals surface area (Å²) in [5.74, 6) is 0.681. The van der Waals surface area contributed by atoms with E-state index < -0.39 is 0 Å². The Balaban J connectivity index is 1.57. The predicted molar refractivity (Wildman–Crippen MR) is 88.4 cm³/mol. The van der Waals surface area contributed by atoms with Crippen LogP contribution in [0, 0.1) is 0 Å². The smallest absolute Gasteiger partial charge is 0.233 e. The Kier molecular flexibility index (Phi) is 4.99. The highest BCUT2D eigenvalue weighted by molar-refractivity contribution is 8.02. The van der Waals surface area contributed by atoms with Crippen LogP contribution in [-0.2, 0) is 11.3 Å². The van der Waals surface area contributed by atoms with Gasteiger partial charge in [-0.15, -0.1) is 10.2 Å². The van der Waals surface area contributed by atoms with E-state index in [2.05, 4.69) is 25.6 Å². The lowest BCUT2D eigenvalue weighted by Gasteiger charge is -2.10. The minimum absolute atomic E-state index is 0.0392. The van der Waals surface area contributed by atoms with Crippen molar-refractivity contribution in [2.24, 2.45) is 0 Å². The van der Waals surface area contributed by atoms with Crippen LogP contribution in [0.25, 0.3) is 5.82 Å². The standard InChI is InChI=1S/C14H14N6OS2/c1-10(23-14-19-17-9-22-14)13(21)16-8-11-3-5-15-12(7-11)20-6-2-4-18-20/h2-7,9-10H,8H2,1H3,(H,16,21). The van der Waals surface area contributed by atoms with E-state index in [1.807, 2.05) is 31.3 Å². The molecule has 7 nitrogen and oxygen atoms in total. The Labute approximate surface area is 141 Å². The van der Waals surface area contributed by atoms with E-state index in [1.54, 1.807) is 22.6 Å². The van der Waals surface area contributed by atoms with Crippen molar-refractivity contribution in [1.82, 2.24) is 30.3 Å². The Morgan fingerprint density at radius 1 is 1.48 bits per heavy atom. The SMILES string of the molecule is CC(Sc1nncs1)C(=O)NCc1ccnc(-n2cccn2)c1. The van der Waals surface area contributed by atoms with E-state index in [-0.39, 0.29) is 11.2 Å². The summed E-state index contributed by atoms with van der Waals surface area (Å²) in [5.41, 5.74) is 2.62. The molecule has 0 fully saturated rings. The summed E-state index contributed by atoms with van der Waals surface area (Å²) in [5, 5.41) is 14.5. The number of nitrogens with zero attached hydrogens (tertiary/aromatic N) is 5. The van der Waals surface area contributed by atoms with Crippen molar-refractivity contribution in [3.63, 3.8) is 0 Å². The molecular formula is C14H14N6OS2. The van der Waals surface area contributed by atoms with E-state index in [4.69, 9.17) is 0 Å². The molecule has 3 aromatic rings. The van der Waals surface area contributed by atoms with Crippen LogP contribution in [0.3, 0.4) is 0 Å². The number of hydrogen-bond donors (Lipinski definition) is 1. The summed E-state index contributed by atoms with van der Waals surface area (Å²) >= 11 is 2.83. The second-order valence-corrected chi connectivity index (χ2v) is 7.08. The number of nitrogens with one attached hydrogen (secondary N) is 1. The van der Waals surface area contributed by atoms with Gasteiger partial charge in [-0.2, -0.15) is 5.10 Å². The summed E-state index contributed by atoms with van der Waals surface area (Å²) in [4.78, 5) is 16.4. The van der Waals surface area contributed by atoms with Crippen LogP contribution >= 0.6 is 23.1 Å². The van der Waals surface area contributed by atoms with Gasteiger partial charge < -0.3 is 5.32 Å². The molecule has 0 aromatic carbocycles. The minimum atomic E-state index is -0.227. The molecule has 0 aliphatic heterocycles. The maximum Gasteiger partial charge on any atom is 0.233 e. The molecule has 1 atom stereocenters. The summed E-state index contributed by atoms with van der Waals surface area (Å²) in [6.45, 7) is 2.29. The zero-order valence-electron chi connectivity index (χ0n) is 12.3. The number of carbonyl (C=O) groups excluding carboxylic acids is 1. The summed E-state index contributed by atoms with van der Waals surface area (Å²) in [6, 6.07) is 5.61. The van der Waals surface area contributed by atoms with Gasteiger partial charge in [-0.1, -0.05) is 23.1 Å². The van der Waals surface area contributed by atoms with Crippen LogP contribution in [0.5, 0.6) is 0 Å². The van der Waals surface area contributed by atoms with E-state index in [0.29, 0.717) is 6.54 Å². The molecule has 3 aromatic heterocycles. The highest BCUT2D eigenvalue weighted by Crippen LogP contribution is 2.24. The van der Waals surface area contributed by atoms with Crippen LogP contribution < -0.4 is 5.32 Å². The number of thioether (sulfide) groups is 1. The monoisotopic (exact) mass is 346 g/mol. The number of pyridine rings is 1. The maximum absolute atomic E-state index is 12.1. The lowest BCUT2D eigenvalue weighted by Crippen LogP contribution is -2.30. The highest BCUT2D eigenvalue weighted by Gasteiger charge is 2.15. The van der Waals surface area contributed by atoms with Gasteiger partial charge in [-0.25, -0.2) is 9.67 Å². The number of rotatable bonds is 6. The molecule has 0 saturated heterocycles. The summed E-state index contributed by atoms with van der Waals surface area (Å²) in [7, 11) is 0. The lowest BCUT2D eigenvalue weighted by atomic mass is 10.2. The molecular weight excluding hydrogens is 332 g/mol. The average molecular weight is 346 g/mol. The Morgan fingerprint density at radius 2 is 2.39 bits per heavy atom. The molecule has 3 heterocycles. The van der Waals surface area contributed by atoms with Crippen molar-refractivity contribution in [3.05, 3.63) is 47.9 Å². The lowest BCUT2D eigenvalue weighted by molar-refractivity contribution is -0.120. The third kappa shape index (κ3) is 4.14. The van der Waals surface area contributed by atoms with Gasteiger partial charge in [0.25, 0.3) is 0 Å². The molecule has 0 spiro atoms. The van der Waals surface area contributed by atoms with Gasteiger partial charge in [0.05, 0.1) is 5.25 Å². The van der Waals surface area contributed by atoms with Crippen LogP contribution in [0.4, 0.5) is 0 Å². The van der Waals surface area contributed by atoms with Gasteiger partial charge in [0.2, 0.25) is 5.91 Å². The van der Waals surface area contributed by atoms with Gasteiger partial charge in [0.15, 0.2) is 10.2 Å². The minimum Gasteiger partial charge on any atom is -0.351 e. The van der Waals surface area contributed by atoms with E-state index in [0.717, 1.165) is 15.7 Å². The predicted octanol–water partition coefficient (Wildman–Crippen LogP) is 1.92. The number of amides is 1. The van der Waals surface area contributed by atoms with Gasteiger partial charge in [-0.3, -0.25) is 4.79 Å². The highest BCUT2D eigenvalue weighted by atomic mass is 32.2. The van der Waals surface area contributed by atoms with Crippen molar-refractivity contribution >= 4 is 29.0 Å². The first kappa shape index (κ1) is 15.6. The molecule has 0 aliphatic carbocycles. The molecule has 3 rings (SSSR count). The fourth-order valence-electron chi connectivity index (χ4n) is 1.85. The molecule has 9 heteroatoms. The fraction of sp³-hybridized carbons (Fsp3) is 0.214. The maximum atomic E-state index is 12.1. The normalized spacial score (nSPS) is 12.0. The van der Waals surface area contributed by atoms with Crippen molar-refractivity contribution < 1.29 is 4.79 Å². The first-order chi connectivity index (χ1) is 11.2. The first-order valence-corrected chi connectivity index (χ1v) is 8.64. The third-order valence-corrected chi connectivity index (χ3v) is 4.91. The van der Waals surface area contributed by atoms with Gasteiger partial charge in [0.1, 0.15) is 5.51 Å². The molecule has 23 heavy (non-hydrogen) atoms. The zero-order chi connectivity index (χ0) is 16.1. The molecule has 0 bridgehead atoms. The van der Waals surface area contributed by atoms with Crippen molar-refractivity contribution in [1.29, 1.82) is 0 Å². The number of aromatic nitrogens is 5. The average Bonchev–Trinajstić information content (AvgIpc) is 3.26. The second kappa shape index (κ2) is 7.34. The van der Waals surface area contributed by atoms with E-state index in [1.165, 1.54) is 23.1 Å². The summed E-state index contributed by atoms with van der Waals surface area (Å²) in [6.07, 6.45) is 5.23. The second-order valence-electron chi connectivity index (χ2n) is 4.66. The fourth-order valence-corrected chi connectivity index (χ4v) is 3.50. The molecule has 1 N–H and O–H groups in total. The van der Waals surface area contributed by atoms with Crippen molar-refractivity contribution in [2.45, 2.75) is 23.1 Å². The third-order valence-electron chi connectivity index (χ3n) is 3.00. The van der Waals surface area contributed by atoms with Gasteiger partial charge in [-0.05, 0) is 30.7 Å². The molecule has 0 saturated carbocycles. The Hall–Kier alpha value is -2.26. The van der Waals surface area contributed by atoms with Crippen molar-refractivity contribution in [2.75, 3.05) is 0 Å². The molecule has 0 radical (unpaired) electrons. The number of carbonyl (C=O) groups is 1. The quantitative estimate of drug-likeness (QED) is 0.686. The number of hydrogen-bond acceptors (Lipinski definition) is 7. The van der Waals surface area contributed by atoms with Crippen molar-refractivity contribution in [3.8, 4) is 5.82 Å². The Morgan fingerprint density at radius 3 is 3.13 bits per heavy atom. The zero-order valence-corrected chi connectivity index (χ0v) is 13.9. The Bertz CT molecular complexity index is 759. The summed E-state index contributed by atoms with van der Waals surface area (Å²) < 4.78 is 2.47. The molecule has 0 aliphatic rings. The van der Waals surface area contributed by atoms with Crippen LogP contribution in [0.15, 0.2) is 46.6 Å². The van der Waals surface area contributed by atoms with E-state index in [9.17, 15) is 4.79 Å². The van der Waals surface area contributed by atoms with Crippen LogP contribution in [0.1, 0.15) is 12.5 Å². The van der Waals surface area contributed by atoms with Gasteiger partial charge in [0, 0.05) is 25.1 Å². The molecule has 118 valence electrons. The molecule has 1 unspecified atom stereocenters. The topological polar surface area (TPSA) is 85.6 Å². The largest absolute Gasteiger partial charge is 0.351 e.